The SMILES string of the molecule is CN(C)CCCNC(=O)c1ccc2ccc(N3CCN(CC4CC4)CC3)n2c1. The maximum absolute atomic E-state index is 12.5. The molecule has 1 N–H and O–H groups in total. The number of amides is 1. The highest BCUT2D eigenvalue weighted by Gasteiger charge is 2.27. The second kappa shape index (κ2) is 8.53. The van der Waals surface area contributed by atoms with Crippen molar-refractivity contribution in [1.29, 1.82) is 0 Å². The number of aromatic nitrogens is 1. The monoisotopic (exact) mass is 383 g/mol. The normalized spacial score (nSPS) is 18.2. The second-order valence-electron chi connectivity index (χ2n) is 8.55. The number of carbonyl (C=O) groups excluding carboxylic acids is 1. The third-order valence-corrected chi connectivity index (χ3v) is 5.87. The maximum atomic E-state index is 12.5. The number of rotatable bonds is 8. The van der Waals surface area contributed by atoms with Gasteiger partial charge in [0.2, 0.25) is 0 Å². The van der Waals surface area contributed by atoms with Gasteiger partial charge in [-0.2, -0.15) is 0 Å². The van der Waals surface area contributed by atoms with E-state index < -0.39 is 0 Å². The molecule has 0 unspecified atom stereocenters. The van der Waals surface area contributed by atoms with Crippen molar-refractivity contribution in [3.05, 3.63) is 36.0 Å². The first-order chi connectivity index (χ1) is 13.6. The number of fused-ring (bicyclic) bond motifs is 1. The molecule has 0 radical (unpaired) electrons. The van der Waals surface area contributed by atoms with Gasteiger partial charge in [-0.1, -0.05) is 0 Å². The van der Waals surface area contributed by atoms with Crippen LogP contribution in [0.5, 0.6) is 0 Å². The van der Waals surface area contributed by atoms with E-state index in [1.54, 1.807) is 0 Å². The summed E-state index contributed by atoms with van der Waals surface area (Å²) in [6.07, 6.45) is 5.79. The van der Waals surface area contributed by atoms with Gasteiger partial charge in [-0.25, -0.2) is 0 Å². The van der Waals surface area contributed by atoms with Gasteiger partial charge in [0.05, 0.1) is 5.56 Å². The highest BCUT2D eigenvalue weighted by atomic mass is 16.1. The topological polar surface area (TPSA) is 43.2 Å². The molecule has 0 spiro atoms. The van der Waals surface area contributed by atoms with Crippen LogP contribution in [0, 0.1) is 5.92 Å². The molecule has 1 saturated carbocycles. The van der Waals surface area contributed by atoms with Crippen molar-refractivity contribution in [2.24, 2.45) is 5.92 Å². The van der Waals surface area contributed by atoms with E-state index in [1.807, 2.05) is 18.3 Å². The van der Waals surface area contributed by atoms with Crippen molar-refractivity contribution < 1.29 is 4.79 Å². The van der Waals surface area contributed by atoms with Crippen molar-refractivity contribution >= 4 is 17.2 Å². The van der Waals surface area contributed by atoms with E-state index in [-0.39, 0.29) is 5.91 Å². The summed E-state index contributed by atoms with van der Waals surface area (Å²) in [4.78, 5) is 19.7. The highest BCUT2D eigenvalue weighted by molar-refractivity contribution is 5.94. The molecule has 2 fully saturated rings. The maximum Gasteiger partial charge on any atom is 0.252 e. The van der Waals surface area contributed by atoms with Crippen LogP contribution in [0.3, 0.4) is 0 Å². The molecule has 152 valence electrons. The van der Waals surface area contributed by atoms with E-state index in [2.05, 4.69) is 50.6 Å². The molecule has 6 nitrogen and oxygen atoms in total. The number of nitrogens with one attached hydrogen (secondary N) is 1. The molecular weight excluding hydrogens is 350 g/mol. The van der Waals surface area contributed by atoms with Crippen LogP contribution in [-0.4, -0.2) is 80.0 Å². The van der Waals surface area contributed by atoms with E-state index >= 15 is 0 Å². The molecule has 6 heteroatoms. The minimum Gasteiger partial charge on any atom is -0.355 e. The Bertz CT molecular complexity index is 802. The van der Waals surface area contributed by atoms with Crippen LogP contribution in [0.4, 0.5) is 5.82 Å². The van der Waals surface area contributed by atoms with Crippen LogP contribution in [0.15, 0.2) is 30.5 Å². The minimum absolute atomic E-state index is 0.00885. The first-order valence-electron chi connectivity index (χ1n) is 10.6. The summed E-state index contributed by atoms with van der Waals surface area (Å²) in [5.74, 6) is 2.16. The van der Waals surface area contributed by atoms with Gasteiger partial charge in [0.15, 0.2) is 0 Å². The van der Waals surface area contributed by atoms with Crippen molar-refractivity contribution in [3.8, 4) is 0 Å². The zero-order chi connectivity index (χ0) is 19.5. The Morgan fingerprint density at radius 1 is 1.11 bits per heavy atom. The first-order valence-corrected chi connectivity index (χ1v) is 10.6. The van der Waals surface area contributed by atoms with E-state index in [9.17, 15) is 4.79 Å². The second-order valence-corrected chi connectivity index (χ2v) is 8.55. The van der Waals surface area contributed by atoms with E-state index in [1.165, 1.54) is 25.2 Å². The first kappa shape index (κ1) is 19.3. The molecule has 0 aromatic carbocycles. The molecule has 0 atom stereocenters. The van der Waals surface area contributed by atoms with Crippen molar-refractivity contribution in [2.75, 3.05) is 64.8 Å². The van der Waals surface area contributed by atoms with Gasteiger partial charge in [0, 0.05) is 51.0 Å². The fourth-order valence-electron chi connectivity index (χ4n) is 4.00. The fourth-order valence-corrected chi connectivity index (χ4v) is 4.00. The molecule has 3 heterocycles. The third kappa shape index (κ3) is 4.67. The molecule has 2 aliphatic rings. The zero-order valence-electron chi connectivity index (χ0n) is 17.2. The molecular formula is C22H33N5O. The molecule has 0 bridgehead atoms. The number of piperazine rings is 1. The lowest BCUT2D eigenvalue weighted by Crippen LogP contribution is -2.47. The summed E-state index contributed by atoms with van der Waals surface area (Å²) in [6, 6.07) is 8.30. The Balaban J connectivity index is 1.39. The minimum atomic E-state index is 0.00885. The molecule has 2 aromatic heterocycles. The molecule has 1 aliphatic carbocycles. The van der Waals surface area contributed by atoms with Gasteiger partial charge in [0.1, 0.15) is 5.82 Å². The standard InChI is InChI=1S/C22H33N5O/c1-24(2)11-3-10-23-22(28)19-6-7-20-8-9-21(27(20)17-19)26-14-12-25(13-15-26)16-18-4-5-18/h6-9,17-18H,3-5,10-16H2,1-2H3,(H,23,28). The smallest absolute Gasteiger partial charge is 0.252 e. The number of nitrogens with zero attached hydrogens (tertiary/aromatic N) is 4. The lowest BCUT2D eigenvalue weighted by Gasteiger charge is -2.35. The summed E-state index contributed by atoms with van der Waals surface area (Å²) in [5, 5.41) is 3.04. The number of hydrogen-bond acceptors (Lipinski definition) is 4. The van der Waals surface area contributed by atoms with Gasteiger partial charge in [-0.3, -0.25) is 9.69 Å². The number of anilines is 1. The largest absolute Gasteiger partial charge is 0.355 e. The molecule has 28 heavy (non-hydrogen) atoms. The van der Waals surface area contributed by atoms with Gasteiger partial charge in [-0.05, 0) is 70.1 Å². The fraction of sp³-hybridized carbons (Fsp3) is 0.591. The molecule has 1 aliphatic heterocycles. The average molecular weight is 384 g/mol. The van der Waals surface area contributed by atoms with E-state index in [0.29, 0.717) is 6.54 Å². The summed E-state index contributed by atoms with van der Waals surface area (Å²) >= 11 is 0. The average Bonchev–Trinajstić information content (AvgIpc) is 3.41. The molecule has 4 rings (SSSR count). The number of carbonyl (C=O) groups is 1. The quantitative estimate of drug-likeness (QED) is 0.710. The number of hydrogen-bond donors (Lipinski definition) is 1. The summed E-state index contributed by atoms with van der Waals surface area (Å²) < 4.78 is 2.17. The van der Waals surface area contributed by atoms with Crippen LogP contribution in [0.1, 0.15) is 29.6 Å². The van der Waals surface area contributed by atoms with Crippen molar-refractivity contribution in [2.45, 2.75) is 19.3 Å². The van der Waals surface area contributed by atoms with Gasteiger partial charge in [-0.15, -0.1) is 0 Å². The number of pyridine rings is 1. The Kier molecular flexibility index (Phi) is 5.87. The van der Waals surface area contributed by atoms with Crippen LogP contribution in [0.2, 0.25) is 0 Å². The van der Waals surface area contributed by atoms with Crippen molar-refractivity contribution in [3.63, 3.8) is 0 Å². The summed E-state index contributed by atoms with van der Waals surface area (Å²) in [6.45, 7) is 7.34. The molecule has 1 saturated heterocycles. The Labute approximate surface area is 168 Å². The zero-order valence-corrected chi connectivity index (χ0v) is 17.2. The predicted octanol–water partition coefficient (Wildman–Crippen LogP) is 2.15. The molecule has 1 amide bonds. The van der Waals surface area contributed by atoms with Crippen LogP contribution >= 0.6 is 0 Å². The van der Waals surface area contributed by atoms with Crippen LogP contribution in [0.25, 0.3) is 5.52 Å². The molecule has 2 aromatic rings. The lowest BCUT2D eigenvalue weighted by molar-refractivity contribution is 0.0952. The van der Waals surface area contributed by atoms with Crippen LogP contribution in [-0.2, 0) is 0 Å². The van der Waals surface area contributed by atoms with E-state index in [4.69, 9.17) is 0 Å². The Hall–Kier alpha value is -2.05. The Morgan fingerprint density at radius 2 is 1.86 bits per heavy atom. The van der Waals surface area contributed by atoms with Gasteiger partial charge < -0.3 is 19.5 Å². The van der Waals surface area contributed by atoms with Gasteiger partial charge >= 0.3 is 0 Å². The highest BCUT2D eigenvalue weighted by Crippen LogP contribution is 2.30. The van der Waals surface area contributed by atoms with E-state index in [0.717, 1.165) is 56.1 Å². The van der Waals surface area contributed by atoms with Crippen LogP contribution < -0.4 is 10.2 Å². The lowest BCUT2D eigenvalue weighted by atomic mass is 10.2. The van der Waals surface area contributed by atoms with Gasteiger partial charge in [0.25, 0.3) is 5.91 Å². The predicted molar refractivity (Wildman–Crippen MR) is 114 cm³/mol. The summed E-state index contributed by atoms with van der Waals surface area (Å²) in [5.41, 5.74) is 1.86. The Morgan fingerprint density at radius 3 is 2.57 bits per heavy atom. The van der Waals surface area contributed by atoms with Crippen molar-refractivity contribution in [1.82, 2.24) is 19.5 Å². The third-order valence-electron chi connectivity index (χ3n) is 5.87. The summed E-state index contributed by atoms with van der Waals surface area (Å²) in [7, 11) is 4.10.